The molecule has 0 radical (unpaired) electrons. The highest BCUT2D eigenvalue weighted by Crippen LogP contribution is 2.37. The SMILES string of the molecule is O=C(NCC1(N2CCOCC2)CCC1)c1c(F)cccc1Cl. The lowest BCUT2D eigenvalue weighted by Crippen LogP contribution is -2.62. The van der Waals surface area contributed by atoms with Gasteiger partial charge in [0.15, 0.2) is 0 Å². The first-order valence-corrected chi connectivity index (χ1v) is 8.05. The number of benzene rings is 1. The van der Waals surface area contributed by atoms with Crippen LogP contribution < -0.4 is 5.32 Å². The fourth-order valence-electron chi connectivity index (χ4n) is 3.28. The first-order valence-electron chi connectivity index (χ1n) is 7.67. The van der Waals surface area contributed by atoms with Crippen molar-refractivity contribution in [1.29, 1.82) is 0 Å². The summed E-state index contributed by atoms with van der Waals surface area (Å²) in [7, 11) is 0. The number of nitrogens with zero attached hydrogens (tertiary/aromatic N) is 1. The quantitative estimate of drug-likeness (QED) is 0.924. The van der Waals surface area contributed by atoms with Crippen molar-refractivity contribution in [3.63, 3.8) is 0 Å². The van der Waals surface area contributed by atoms with Gasteiger partial charge in [-0.2, -0.15) is 0 Å². The first-order chi connectivity index (χ1) is 10.6. The Morgan fingerprint density at radius 1 is 1.36 bits per heavy atom. The molecule has 1 saturated carbocycles. The van der Waals surface area contributed by atoms with Crippen LogP contribution in [-0.2, 0) is 4.74 Å². The summed E-state index contributed by atoms with van der Waals surface area (Å²) in [5, 5.41) is 3.02. The molecule has 1 saturated heterocycles. The summed E-state index contributed by atoms with van der Waals surface area (Å²) < 4.78 is 19.2. The van der Waals surface area contributed by atoms with Crippen molar-refractivity contribution in [3.8, 4) is 0 Å². The minimum atomic E-state index is -0.584. The average Bonchev–Trinajstić information content (AvgIpc) is 2.47. The number of rotatable bonds is 4. The molecule has 4 nitrogen and oxygen atoms in total. The molecule has 1 aliphatic carbocycles. The molecule has 0 bridgehead atoms. The summed E-state index contributed by atoms with van der Waals surface area (Å²) in [5.74, 6) is -1.03. The Balaban J connectivity index is 1.67. The average molecular weight is 327 g/mol. The summed E-state index contributed by atoms with van der Waals surface area (Å²) in [6, 6.07) is 4.28. The third kappa shape index (κ3) is 2.98. The maximum atomic E-state index is 13.8. The van der Waals surface area contributed by atoms with Crippen LogP contribution in [0.25, 0.3) is 0 Å². The Kier molecular flexibility index (Phi) is 4.66. The van der Waals surface area contributed by atoms with E-state index in [2.05, 4.69) is 10.2 Å². The number of nitrogens with one attached hydrogen (secondary N) is 1. The van der Waals surface area contributed by atoms with Crippen LogP contribution in [0.4, 0.5) is 4.39 Å². The maximum Gasteiger partial charge on any atom is 0.255 e. The Bertz CT molecular complexity index is 537. The third-order valence-electron chi connectivity index (χ3n) is 4.73. The Morgan fingerprint density at radius 3 is 2.68 bits per heavy atom. The molecule has 0 aromatic heterocycles. The largest absolute Gasteiger partial charge is 0.379 e. The van der Waals surface area contributed by atoms with Crippen LogP contribution in [-0.4, -0.2) is 49.2 Å². The van der Waals surface area contributed by atoms with E-state index >= 15 is 0 Å². The highest BCUT2D eigenvalue weighted by Gasteiger charge is 2.43. The van der Waals surface area contributed by atoms with Gasteiger partial charge in [-0.3, -0.25) is 9.69 Å². The molecule has 0 unspecified atom stereocenters. The third-order valence-corrected chi connectivity index (χ3v) is 5.05. The van der Waals surface area contributed by atoms with Gasteiger partial charge in [-0.1, -0.05) is 17.7 Å². The highest BCUT2D eigenvalue weighted by atomic mass is 35.5. The van der Waals surface area contributed by atoms with Crippen LogP contribution >= 0.6 is 11.6 Å². The summed E-state index contributed by atoms with van der Waals surface area (Å²) in [6.45, 7) is 3.76. The molecular weight excluding hydrogens is 307 g/mol. The number of hydrogen-bond donors (Lipinski definition) is 1. The van der Waals surface area contributed by atoms with Crippen molar-refractivity contribution in [2.45, 2.75) is 24.8 Å². The fraction of sp³-hybridized carbons (Fsp3) is 0.562. The zero-order valence-corrected chi connectivity index (χ0v) is 13.2. The predicted octanol–water partition coefficient (Wildman–Crippen LogP) is 2.46. The molecule has 3 rings (SSSR count). The zero-order valence-electron chi connectivity index (χ0n) is 12.4. The predicted molar refractivity (Wildman–Crippen MR) is 82.7 cm³/mol. The van der Waals surface area contributed by atoms with Gasteiger partial charge in [0.25, 0.3) is 5.91 Å². The molecule has 22 heavy (non-hydrogen) atoms. The van der Waals surface area contributed by atoms with E-state index in [-0.39, 0.29) is 16.1 Å². The summed E-state index contributed by atoms with van der Waals surface area (Å²) in [4.78, 5) is 14.7. The number of amides is 1. The van der Waals surface area contributed by atoms with Gasteiger partial charge in [-0.15, -0.1) is 0 Å². The second-order valence-electron chi connectivity index (χ2n) is 5.96. The van der Waals surface area contributed by atoms with Crippen LogP contribution in [0.15, 0.2) is 18.2 Å². The smallest absolute Gasteiger partial charge is 0.255 e. The number of morpholine rings is 1. The Morgan fingerprint density at radius 2 is 2.09 bits per heavy atom. The van der Waals surface area contributed by atoms with Crippen molar-refractivity contribution >= 4 is 17.5 Å². The number of hydrogen-bond acceptors (Lipinski definition) is 3. The van der Waals surface area contributed by atoms with Crippen molar-refractivity contribution in [2.75, 3.05) is 32.8 Å². The molecule has 1 aliphatic heterocycles. The fourth-order valence-corrected chi connectivity index (χ4v) is 3.52. The molecular formula is C16H20ClFN2O2. The summed E-state index contributed by atoms with van der Waals surface area (Å²) >= 11 is 5.94. The van der Waals surface area contributed by atoms with Gasteiger partial charge in [0.2, 0.25) is 0 Å². The van der Waals surface area contributed by atoms with Crippen LogP contribution in [0.1, 0.15) is 29.6 Å². The molecule has 6 heteroatoms. The van der Waals surface area contributed by atoms with E-state index in [0.717, 1.165) is 45.6 Å². The van der Waals surface area contributed by atoms with Gasteiger partial charge in [0.1, 0.15) is 5.82 Å². The molecule has 1 N–H and O–H groups in total. The van der Waals surface area contributed by atoms with Crippen molar-refractivity contribution in [3.05, 3.63) is 34.6 Å². The second-order valence-corrected chi connectivity index (χ2v) is 6.36. The number of carbonyl (C=O) groups is 1. The lowest BCUT2D eigenvalue weighted by molar-refractivity contribution is -0.0540. The van der Waals surface area contributed by atoms with E-state index in [4.69, 9.17) is 16.3 Å². The van der Waals surface area contributed by atoms with E-state index in [1.165, 1.54) is 18.2 Å². The molecule has 1 amide bonds. The van der Waals surface area contributed by atoms with E-state index in [9.17, 15) is 9.18 Å². The molecule has 0 spiro atoms. The van der Waals surface area contributed by atoms with E-state index < -0.39 is 11.7 Å². The van der Waals surface area contributed by atoms with Gasteiger partial charge < -0.3 is 10.1 Å². The molecule has 2 fully saturated rings. The lowest BCUT2D eigenvalue weighted by atomic mass is 9.75. The number of carbonyl (C=O) groups excluding carboxylic acids is 1. The van der Waals surface area contributed by atoms with E-state index in [1.807, 2.05) is 0 Å². The minimum absolute atomic E-state index is 0.00280. The molecule has 120 valence electrons. The second kappa shape index (κ2) is 6.52. The van der Waals surface area contributed by atoms with Crippen molar-refractivity contribution < 1.29 is 13.9 Å². The van der Waals surface area contributed by atoms with E-state index in [1.54, 1.807) is 0 Å². The van der Waals surface area contributed by atoms with Gasteiger partial charge in [-0.25, -0.2) is 4.39 Å². The molecule has 2 aliphatic rings. The molecule has 1 aromatic rings. The normalized spacial score (nSPS) is 21.2. The van der Waals surface area contributed by atoms with Crippen molar-refractivity contribution in [2.24, 2.45) is 0 Å². The number of ether oxygens (including phenoxy) is 1. The number of halogens is 2. The Hall–Kier alpha value is -1.17. The van der Waals surface area contributed by atoms with Crippen molar-refractivity contribution in [1.82, 2.24) is 10.2 Å². The van der Waals surface area contributed by atoms with Gasteiger partial charge >= 0.3 is 0 Å². The lowest BCUT2D eigenvalue weighted by Gasteiger charge is -2.51. The molecule has 1 aromatic carbocycles. The van der Waals surface area contributed by atoms with Gasteiger partial charge in [0, 0.05) is 25.2 Å². The van der Waals surface area contributed by atoms with E-state index in [0.29, 0.717) is 6.54 Å². The standard InChI is InChI=1S/C16H20ClFN2O2/c17-12-3-1-4-13(18)14(12)15(21)19-11-16(5-2-6-16)20-7-9-22-10-8-20/h1,3-4H,2,5-11H2,(H,19,21). The van der Waals surface area contributed by atoms with Crippen LogP contribution in [0.2, 0.25) is 5.02 Å². The monoisotopic (exact) mass is 326 g/mol. The molecule has 0 atom stereocenters. The van der Waals surface area contributed by atoms with Gasteiger partial charge in [0.05, 0.1) is 23.8 Å². The highest BCUT2D eigenvalue weighted by molar-refractivity contribution is 6.33. The zero-order chi connectivity index (χ0) is 15.6. The van der Waals surface area contributed by atoms with Crippen LogP contribution in [0, 0.1) is 5.82 Å². The maximum absolute atomic E-state index is 13.8. The molecule has 1 heterocycles. The topological polar surface area (TPSA) is 41.6 Å². The minimum Gasteiger partial charge on any atom is -0.379 e. The first kappa shape index (κ1) is 15.7. The summed E-state index contributed by atoms with van der Waals surface area (Å²) in [5.41, 5.74) is -0.0717. The summed E-state index contributed by atoms with van der Waals surface area (Å²) in [6.07, 6.45) is 3.27. The van der Waals surface area contributed by atoms with Crippen LogP contribution in [0.3, 0.4) is 0 Å². The van der Waals surface area contributed by atoms with Crippen LogP contribution in [0.5, 0.6) is 0 Å². The van der Waals surface area contributed by atoms with Gasteiger partial charge in [-0.05, 0) is 31.4 Å². The Labute approximate surface area is 134 Å².